The molecular formula is C20H30O4. The summed E-state index contributed by atoms with van der Waals surface area (Å²) in [5.74, 6) is 1.05. The number of aliphatic hydroxyl groups is 3. The third kappa shape index (κ3) is 1.88. The molecule has 3 N–H and O–H groups in total. The molecule has 3 fully saturated rings. The molecule has 0 heterocycles. The van der Waals surface area contributed by atoms with Gasteiger partial charge in [0.15, 0.2) is 5.78 Å². The molecule has 0 aromatic heterocycles. The minimum Gasteiger partial charge on any atom is -0.393 e. The summed E-state index contributed by atoms with van der Waals surface area (Å²) in [6.45, 7) is 6.10. The average Bonchev–Trinajstić information content (AvgIpc) is 2.69. The van der Waals surface area contributed by atoms with Gasteiger partial charge in [-0.3, -0.25) is 4.79 Å². The van der Waals surface area contributed by atoms with Crippen LogP contribution in [0.15, 0.2) is 12.2 Å². The fourth-order valence-corrected chi connectivity index (χ4v) is 6.92. The van der Waals surface area contributed by atoms with Crippen molar-refractivity contribution in [1.82, 2.24) is 0 Å². The van der Waals surface area contributed by atoms with Crippen LogP contribution in [0.2, 0.25) is 0 Å². The topological polar surface area (TPSA) is 77.8 Å². The number of hydrogen-bond acceptors (Lipinski definition) is 4. The maximum absolute atomic E-state index is 11.9. The number of carbonyl (C=O) groups excluding carboxylic acids is 1. The van der Waals surface area contributed by atoms with Gasteiger partial charge < -0.3 is 15.3 Å². The first-order valence-electron chi connectivity index (χ1n) is 9.42. The van der Waals surface area contributed by atoms with Crippen molar-refractivity contribution in [1.29, 1.82) is 0 Å². The Hall–Kier alpha value is -0.710. The molecule has 0 spiro atoms. The van der Waals surface area contributed by atoms with Crippen molar-refractivity contribution in [3.63, 3.8) is 0 Å². The van der Waals surface area contributed by atoms with Crippen LogP contribution in [0.1, 0.15) is 52.9 Å². The number of aliphatic hydroxyl groups excluding tert-OH is 2. The number of rotatable bonds is 0. The highest BCUT2D eigenvalue weighted by Gasteiger charge is 2.66. The number of hydrogen-bond donors (Lipinski definition) is 3. The highest BCUT2D eigenvalue weighted by atomic mass is 16.3. The van der Waals surface area contributed by atoms with Crippen molar-refractivity contribution >= 4 is 5.78 Å². The van der Waals surface area contributed by atoms with Crippen LogP contribution in [0.25, 0.3) is 0 Å². The van der Waals surface area contributed by atoms with E-state index in [1.54, 1.807) is 13.0 Å². The van der Waals surface area contributed by atoms with E-state index < -0.39 is 17.8 Å². The summed E-state index contributed by atoms with van der Waals surface area (Å²) in [7, 11) is 0. The Morgan fingerprint density at radius 3 is 2.50 bits per heavy atom. The molecule has 4 nitrogen and oxygen atoms in total. The predicted molar refractivity (Wildman–Crippen MR) is 90.0 cm³/mol. The second-order valence-corrected chi connectivity index (χ2v) is 9.51. The van der Waals surface area contributed by atoms with Gasteiger partial charge in [-0.15, -0.1) is 0 Å². The smallest absolute Gasteiger partial charge is 0.155 e. The van der Waals surface area contributed by atoms with E-state index in [4.69, 9.17) is 0 Å². The third-order valence-corrected chi connectivity index (χ3v) is 8.73. The molecule has 24 heavy (non-hydrogen) atoms. The lowest BCUT2D eigenvalue weighted by Gasteiger charge is -2.60. The summed E-state index contributed by atoms with van der Waals surface area (Å²) in [6.07, 6.45) is 6.21. The van der Waals surface area contributed by atoms with Crippen LogP contribution < -0.4 is 0 Å². The molecular weight excluding hydrogens is 304 g/mol. The fourth-order valence-electron chi connectivity index (χ4n) is 6.92. The summed E-state index contributed by atoms with van der Waals surface area (Å²) >= 11 is 0. The summed E-state index contributed by atoms with van der Waals surface area (Å²) in [4.78, 5) is 11.9. The first-order chi connectivity index (χ1) is 11.1. The molecule has 9 atom stereocenters. The number of carbonyl (C=O) groups is 1. The van der Waals surface area contributed by atoms with Gasteiger partial charge in [0.05, 0.1) is 17.8 Å². The maximum atomic E-state index is 11.9. The molecule has 4 rings (SSSR count). The zero-order chi connectivity index (χ0) is 17.5. The van der Waals surface area contributed by atoms with Gasteiger partial charge in [-0.25, -0.2) is 0 Å². The average molecular weight is 334 g/mol. The van der Waals surface area contributed by atoms with E-state index in [1.165, 1.54) is 0 Å². The van der Waals surface area contributed by atoms with Gasteiger partial charge in [-0.05, 0) is 61.9 Å². The van der Waals surface area contributed by atoms with Gasteiger partial charge >= 0.3 is 0 Å². The van der Waals surface area contributed by atoms with Crippen LogP contribution in [0.3, 0.4) is 0 Å². The Balaban J connectivity index is 1.74. The highest BCUT2D eigenvalue weighted by molar-refractivity contribution is 5.91. The Kier molecular flexibility index (Phi) is 3.44. The van der Waals surface area contributed by atoms with Gasteiger partial charge in [0.1, 0.15) is 0 Å². The largest absolute Gasteiger partial charge is 0.393 e. The van der Waals surface area contributed by atoms with Crippen molar-refractivity contribution in [2.24, 2.45) is 34.5 Å². The number of allylic oxidation sites excluding steroid dienone is 2. The van der Waals surface area contributed by atoms with Crippen molar-refractivity contribution in [3.05, 3.63) is 12.2 Å². The Bertz CT molecular complexity index is 596. The molecule has 4 aliphatic rings. The van der Waals surface area contributed by atoms with Gasteiger partial charge in [-0.1, -0.05) is 19.9 Å². The normalized spacial score (nSPS) is 59.7. The van der Waals surface area contributed by atoms with Crippen LogP contribution >= 0.6 is 0 Å². The Labute approximate surface area is 144 Å². The molecule has 134 valence electrons. The lowest BCUT2D eigenvalue weighted by atomic mass is 9.45. The van der Waals surface area contributed by atoms with Crippen LogP contribution in [-0.4, -0.2) is 38.9 Å². The van der Waals surface area contributed by atoms with Gasteiger partial charge in [0.2, 0.25) is 0 Å². The summed E-state index contributed by atoms with van der Waals surface area (Å²) in [5.41, 5.74) is -1.52. The van der Waals surface area contributed by atoms with E-state index >= 15 is 0 Å². The molecule has 3 unspecified atom stereocenters. The van der Waals surface area contributed by atoms with E-state index in [0.717, 1.165) is 12.8 Å². The van der Waals surface area contributed by atoms with E-state index in [1.807, 2.05) is 0 Å². The van der Waals surface area contributed by atoms with Crippen LogP contribution in [0.4, 0.5) is 0 Å². The monoisotopic (exact) mass is 334 g/mol. The minimum atomic E-state index is -1.07. The Morgan fingerprint density at radius 1 is 1.08 bits per heavy atom. The second kappa shape index (κ2) is 4.93. The van der Waals surface area contributed by atoms with E-state index in [0.29, 0.717) is 31.1 Å². The molecule has 0 aliphatic heterocycles. The molecule has 0 saturated heterocycles. The van der Waals surface area contributed by atoms with Crippen molar-refractivity contribution in [2.75, 3.05) is 0 Å². The molecule has 0 aromatic rings. The van der Waals surface area contributed by atoms with E-state index in [2.05, 4.69) is 19.9 Å². The Morgan fingerprint density at radius 2 is 1.79 bits per heavy atom. The quantitative estimate of drug-likeness (QED) is 0.634. The van der Waals surface area contributed by atoms with Gasteiger partial charge in [0, 0.05) is 17.8 Å². The van der Waals surface area contributed by atoms with Crippen molar-refractivity contribution in [2.45, 2.75) is 70.7 Å². The van der Waals surface area contributed by atoms with Gasteiger partial charge in [0.25, 0.3) is 0 Å². The van der Waals surface area contributed by atoms with E-state index in [-0.39, 0.29) is 28.4 Å². The molecule has 4 heteroatoms. The first-order valence-corrected chi connectivity index (χ1v) is 9.42. The summed E-state index contributed by atoms with van der Waals surface area (Å²) in [5, 5.41) is 32.2. The molecule has 0 aromatic carbocycles. The number of ketones is 1. The molecule has 0 amide bonds. The molecule has 0 radical (unpaired) electrons. The third-order valence-electron chi connectivity index (χ3n) is 8.73. The zero-order valence-electron chi connectivity index (χ0n) is 14.9. The standard InChI is InChI=1S/C20H30O4/c1-18-6-4-11(21)8-15(18)16(22)9-12-13(18)5-7-19(2)14(12)10-17(23)20(19,3)24/h4,6,12-17,22-24H,5,7-10H2,1-3H3/t12-,13+,14+,15?,16-,17?,18-,19+,20?/m1/s1. The van der Waals surface area contributed by atoms with Crippen molar-refractivity contribution in [3.8, 4) is 0 Å². The molecule has 4 aliphatic carbocycles. The van der Waals surface area contributed by atoms with E-state index in [9.17, 15) is 20.1 Å². The summed E-state index contributed by atoms with van der Waals surface area (Å²) in [6, 6.07) is 0. The predicted octanol–water partition coefficient (Wildman–Crippen LogP) is 2.07. The lowest BCUT2D eigenvalue weighted by Crippen LogP contribution is -2.59. The maximum Gasteiger partial charge on any atom is 0.155 e. The zero-order valence-corrected chi connectivity index (χ0v) is 14.9. The van der Waals surface area contributed by atoms with Crippen LogP contribution in [0.5, 0.6) is 0 Å². The molecule has 3 saturated carbocycles. The number of fused-ring (bicyclic) bond motifs is 5. The highest BCUT2D eigenvalue weighted by Crippen LogP contribution is 2.67. The van der Waals surface area contributed by atoms with Crippen LogP contribution in [-0.2, 0) is 4.79 Å². The fraction of sp³-hybridized carbons (Fsp3) is 0.850. The SMILES string of the molecule is CC1(O)C(O)C[C@H]2[C@@H]3C[C@@H](O)C4CC(=O)C=C[C@]4(C)[C@H]3CC[C@@]21C. The van der Waals surface area contributed by atoms with Crippen molar-refractivity contribution < 1.29 is 20.1 Å². The lowest BCUT2D eigenvalue weighted by molar-refractivity contribution is -0.167. The second-order valence-electron chi connectivity index (χ2n) is 9.51. The van der Waals surface area contributed by atoms with Gasteiger partial charge in [-0.2, -0.15) is 0 Å². The minimum absolute atomic E-state index is 0.00689. The summed E-state index contributed by atoms with van der Waals surface area (Å²) < 4.78 is 0. The van der Waals surface area contributed by atoms with Crippen LogP contribution in [0, 0.1) is 34.5 Å². The molecule has 0 bridgehead atoms. The first kappa shape index (κ1) is 16.7.